The minimum absolute atomic E-state index is 1.26. The lowest BCUT2D eigenvalue weighted by Crippen LogP contribution is -1.88. The molecular weight excluding hydrogens is 384 g/mol. The summed E-state index contributed by atoms with van der Waals surface area (Å²) < 4.78 is 0. The molecule has 0 aromatic heterocycles. The average Bonchev–Trinajstić information content (AvgIpc) is 2.78. The number of benzene rings is 2. The second kappa shape index (κ2) is 17.9. The fourth-order valence-electron chi connectivity index (χ4n) is 4.87. The zero-order chi connectivity index (χ0) is 22.7. The Morgan fingerprint density at radius 3 is 0.938 bits per heavy atom. The highest BCUT2D eigenvalue weighted by molar-refractivity contribution is 5.22. The highest BCUT2D eigenvalue weighted by Crippen LogP contribution is 2.15. The molecule has 0 spiro atoms. The molecule has 0 amide bonds. The Kier molecular flexibility index (Phi) is 15.0. The van der Waals surface area contributed by atoms with Crippen LogP contribution in [0.1, 0.15) is 125 Å². The molecule has 0 aliphatic rings. The Bertz CT molecular complexity index is 637. The third-order valence-corrected chi connectivity index (χ3v) is 6.85. The van der Waals surface area contributed by atoms with Crippen molar-refractivity contribution in [2.24, 2.45) is 0 Å². The quantitative estimate of drug-likeness (QED) is 0.193. The van der Waals surface area contributed by atoms with E-state index in [-0.39, 0.29) is 0 Å². The summed E-state index contributed by atoms with van der Waals surface area (Å²) in [7, 11) is 0. The van der Waals surface area contributed by atoms with Crippen LogP contribution < -0.4 is 0 Å². The van der Waals surface area contributed by atoms with Crippen LogP contribution in [0.25, 0.3) is 0 Å². The van der Waals surface area contributed by atoms with Gasteiger partial charge in [-0.2, -0.15) is 0 Å². The predicted octanol–water partition coefficient (Wildman–Crippen LogP) is 10.3. The maximum Gasteiger partial charge on any atom is -0.0279 e. The standard InChI is InChI=1S/C32H50/c1-29-21-19-25-31(27-29)23-17-15-13-11-9-7-5-3-4-6-8-10-12-14-16-18-24-32-26-20-22-30(2)28-32/h19-22,25-28H,3-18,23-24H2,1-2H3. The largest absolute Gasteiger partial charge is 0.0617 e. The molecule has 2 aromatic rings. The van der Waals surface area contributed by atoms with Crippen LogP contribution in [0.4, 0.5) is 0 Å². The van der Waals surface area contributed by atoms with E-state index in [0.29, 0.717) is 0 Å². The minimum Gasteiger partial charge on any atom is -0.0617 e. The van der Waals surface area contributed by atoms with Crippen molar-refractivity contribution in [3.05, 3.63) is 70.8 Å². The predicted molar refractivity (Wildman–Crippen MR) is 144 cm³/mol. The van der Waals surface area contributed by atoms with E-state index in [4.69, 9.17) is 0 Å². The molecule has 0 saturated carbocycles. The third kappa shape index (κ3) is 13.8. The lowest BCUT2D eigenvalue weighted by molar-refractivity contribution is 0.528. The molecule has 0 radical (unpaired) electrons. The molecule has 178 valence electrons. The van der Waals surface area contributed by atoms with Crippen molar-refractivity contribution in [3.8, 4) is 0 Å². The molecule has 0 atom stereocenters. The molecule has 0 aliphatic heterocycles. The fourth-order valence-corrected chi connectivity index (χ4v) is 4.87. The Morgan fingerprint density at radius 2 is 0.656 bits per heavy atom. The smallest absolute Gasteiger partial charge is 0.0279 e. The summed E-state index contributed by atoms with van der Waals surface area (Å²) in [5.74, 6) is 0. The summed E-state index contributed by atoms with van der Waals surface area (Å²) in [6.45, 7) is 4.39. The summed E-state index contributed by atoms with van der Waals surface area (Å²) in [6, 6.07) is 18.0. The molecular formula is C32H50. The van der Waals surface area contributed by atoms with E-state index in [1.54, 1.807) is 0 Å². The zero-order valence-electron chi connectivity index (χ0n) is 21.3. The van der Waals surface area contributed by atoms with Gasteiger partial charge in [-0.15, -0.1) is 0 Å². The first kappa shape index (κ1) is 26.7. The Morgan fingerprint density at radius 1 is 0.375 bits per heavy atom. The monoisotopic (exact) mass is 434 g/mol. The van der Waals surface area contributed by atoms with E-state index in [2.05, 4.69) is 62.4 Å². The van der Waals surface area contributed by atoms with Gasteiger partial charge in [-0.3, -0.25) is 0 Å². The van der Waals surface area contributed by atoms with Gasteiger partial charge in [-0.25, -0.2) is 0 Å². The fraction of sp³-hybridized carbons (Fsp3) is 0.625. The van der Waals surface area contributed by atoms with Gasteiger partial charge in [0, 0.05) is 0 Å². The first-order valence-corrected chi connectivity index (χ1v) is 13.8. The van der Waals surface area contributed by atoms with Gasteiger partial charge in [-0.05, 0) is 50.7 Å². The molecule has 0 aliphatic carbocycles. The second-order valence-corrected chi connectivity index (χ2v) is 10.1. The molecule has 0 fully saturated rings. The molecule has 0 N–H and O–H groups in total. The number of hydrogen-bond acceptors (Lipinski definition) is 0. The normalized spacial score (nSPS) is 11.2. The van der Waals surface area contributed by atoms with Gasteiger partial charge in [0.05, 0.1) is 0 Å². The van der Waals surface area contributed by atoms with Crippen molar-refractivity contribution >= 4 is 0 Å². The molecule has 0 heterocycles. The van der Waals surface area contributed by atoms with Gasteiger partial charge in [0.1, 0.15) is 0 Å². The summed E-state index contributed by atoms with van der Waals surface area (Å²) in [6.07, 6.45) is 25.4. The van der Waals surface area contributed by atoms with Crippen LogP contribution in [-0.2, 0) is 12.8 Å². The number of rotatable bonds is 19. The minimum atomic E-state index is 1.26. The summed E-state index contributed by atoms with van der Waals surface area (Å²) in [5, 5.41) is 0. The summed E-state index contributed by atoms with van der Waals surface area (Å²) in [5.41, 5.74) is 5.82. The summed E-state index contributed by atoms with van der Waals surface area (Å²) in [4.78, 5) is 0. The zero-order valence-corrected chi connectivity index (χ0v) is 21.3. The maximum absolute atomic E-state index is 2.34. The lowest BCUT2D eigenvalue weighted by atomic mass is 10.0. The van der Waals surface area contributed by atoms with Crippen LogP contribution in [0.2, 0.25) is 0 Å². The first-order valence-electron chi connectivity index (χ1n) is 13.8. The van der Waals surface area contributed by atoms with Gasteiger partial charge in [0.25, 0.3) is 0 Å². The van der Waals surface area contributed by atoms with Crippen LogP contribution in [0.3, 0.4) is 0 Å². The highest BCUT2D eigenvalue weighted by atomic mass is 14.0. The Balaban J connectivity index is 1.25. The van der Waals surface area contributed by atoms with Crippen LogP contribution in [0.15, 0.2) is 48.5 Å². The molecule has 32 heavy (non-hydrogen) atoms. The van der Waals surface area contributed by atoms with Crippen LogP contribution in [-0.4, -0.2) is 0 Å². The van der Waals surface area contributed by atoms with Crippen LogP contribution >= 0.6 is 0 Å². The SMILES string of the molecule is Cc1cccc(CCCCCCCCCCCCCCCCCCc2cccc(C)c2)c1. The van der Waals surface area contributed by atoms with Gasteiger partial charge in [0.2, 0.25) is 0 Å². The molecule has 0 unspecified atom stereocenters. The van der Waals surface area contributed by atoms with Gasteiger partial charge >= 0.3 is 0 Å². The van der Waals surface area contributed by atoms with Gasteiger partial charge in [-0.1, -0.05) is 150 Å². The molecule has 2 aromatic carbocycles. The van der Waals surface area contributed by atoms with Crippen molar-refractivity contribution in [2.45, 2.75) is 129 Å². The maximum atomic E-state index is 2.34. The van der Waals surface area contributed by atoms with Crippen LogP contribution in [0, 0.1) is 13.8 Å². The van der Waals surface area contributed by atoms with Gasteiger partial charge in [0.15, 0.2) is 0 Å². The van der Waals surface area contributed by atoms with E-state index in [0.717, 1.165) is 0 Å². The molecule has 0 saturated heterocycles. The van der Waals surface area contributed by atoms with E-state index in [1.807, 2.05) is 0 Å². The number of unbranched alkanes of at least 4 members (excludes halogenated alkanes) is 15. The van der Waals surface area contributed by atoms with Crippen molar-refractivity contribution in [1.82, 2.24) is 0 Å². The van der Waals surface area contributed by atoms with Crippen molar-refractivity contribution in [2.75, 3.05) is 0 Å². The van der Waals surface area contributed by atoms with Crippen molar-refractivity contribution in [3.63, 3.8) is 0 Å². The molecule has 2 rings (SSSR count). The Hall–Kier alpha value is -1.56. The average molecular weight is 435 g/mol. The second-order valence-electron chi connectivity index (χ2n) is 10.1. The van der Waals surface area contributed by atoms with Crippen molar-refractivity contribution in [1.29, 1.82) is 0 Å². The molecule has 0 bridgehead atoms. The van der Waals surface area contributed by atoms with E-state index < -0.39 is 0 Å². The third-order valence-electron chi connectivity index (χ3n) is 6.85. The van der Waals surface area contributed by atoms with Gasteiger partial charge < -0.3 is 0 Å². The first-order chi connectivity index (χ1) is 15.7. The number of hydrogen-bond donors (Lipinski definition) is 0. The van der Waals surface area contributed by atoms with E-state index in [1.165, 1.54) is 138 Å². The molecule has 0 heteroatoms. The van der Waals surface area contributed by atoms with E-state index in [9.17, 15) is 0 Å². The highest BCUT2D eigenvalue weighted by Gasteiger charge is 1.97. The number of aryl methyl sites for hydroxylation is 4. The van der Waals surface area contributed by atoms with Crippen LogP contribution in [0.5, 0.6) is 0 Å². The Labute approximate surface area is 200 Å². The molecule has 0 nitrogen and oxygen atoms in total. The van der Waals surface area contributed by atoms with Crippen molar-refractivity contribution < 1.29 is 0 Å². The summed E-state index contributed by atoms with van der Waals surface area (Å²) >= 11 is 0. The topological polar surface area (TPSA) is 0 Å². The van der Waals surface area contributed by atoms with E-state index >= 15 is 0 Å². The lowest BCUT2D eigenvalue weighted by Gasteiger charge is -2.05.